The van der Waals surface area contributed by atoms with Gasteiger partial charge in [0.2, 0.25) is 0 Å². The second-order valence-electron chi connectivity index (χ2n) is 3.63. The fraction of sp³-hybridized carbons (Fsp3) is 0. The van der Waals surface area contributed by atoms with Crippen LogP contribution in [-0.2, 0) is 9.59 Å². The molecule has 0 saturated carbocycles. The Morgan fingerprint density at radius 1 is 1.00 bits per heavy atom. The highest BCUT2D eigenvalue weighted by molar-refractivity contribution is 6.37. The summed E-state index contributed by atoms with van der Waals surface area (Å²) in [6.45, 7) is 0. The van der Waals surface area contributed by atoms with Gasteiger partial charge in [0, 0.05) is 0 Å². The highest BCUT2D eigenvalue weighted by atomic mass is 35.5. The molecule has 1 aliphatic heterocycles. The molecule has 2 rings (SSSR count). The van der Waals surface area contributed by atoms with Crippen LogP contribution in [0.1, 0.15) is 5.56 Å². The van der Waals surface area contributed by atoms with E-state index < -0.39 is 17.8 Å². The van der Waals surface area contributed by atoms with E-state index in [9.17, 15) is 19.5 Å². The lowest BCUT2D eigenvalue weighted by Gasteiger charge is -2.14. The van der Waals surface area contributed by atoms with Crippen LogP contribution in [0.5, 0.6) is 5.75 Å². The van der Waals surface area contributed by atoms with Crippen LogP contribution in [-0.4, -0.2) is 23.0 Å². The Balaban J connectivity index is 2.43. The zero-order chi connectivity index (χ0) is 14.2. The summed E-state index contributed by atoms with van der Waals surface area (Å²) in [6, 6.07) is 1.77. The van der Waals surface area contributed by atoms with E-state index in [-0.39, 0.29) is 21.4 Å². The number of halogens is 2. The van der Waals surface area contributed by atoms with Gasteiger partial charge in [-0.15, -0.1) is 0 Å². The summed E-state index contributed by atoms with van der Waals surface area (Å²) in [6.07, 6.45) is 1.20. The zero-order valence-electron chi connectivity index (χ0n) is 9.16. The van der Waals surface area contributed by atoms with Gasteiger partial charge < -0.3 is 5.11 Å². The Labute approximate surface area is 117 Å². The number of rotatable bonds is 1. The number of phenols is 1. The number of amides is 4. The number of aromatic hydroxyl groups is 1. The first-order chi connectivity index (χ1) is 8.88. The number of carbonyl (C=O) groups excluding carboxylic acids is 3. The molecule has 1 aromatic rings. The molecule has 0 spiro atoms. The van der Waals surface area contributed by atoms with Crippen LogP contribution in [0.15, 0.2) is 17.7 Å². The molecule has 3 N–H and O–H groups in total. The number of phenolic OH excluding ortho intramolecular Hbond substituents is 1. The molecule has 1 heterocycles. The molecule has 0 bridgehead atoms. The molecule has 0 aliphatic carbocycles. The van der Waals surface area contributed by atoms with E-state index in [1.165, 1.54) is 18.2 Å². The summed E-state index contributed by atoms with van der Waals surface area (Å²) in [4.78, 5) is 33.8. The van der Waals surface area contributed by atoms with E-state index in [4.69, 9.17) is 23.2 Å². The van der Waals surface area contributed by atoms with Crippen molar-refractivity contribution in [3.63, 3.8) is 0 Å². The van der Waals surface area contributed by atoms with Gasteiger partial charge in [-0.05, 0) is 23.8 Å². The van der Waals surface area contributed by atoms with Crippen LogP contribution < -0.4 is 10.6 Å². The molecule has 0 atom stereocenters. The first-order valence-electron chi connectivity index (χ1n) is 4.95. The first kappa shape index (κ1) is 13.4. The van der Waals surface area contributed by atoms with Crippen molar-refractivity contribution >= 4 is 47.1 Å². The summed E-state index contributed by atoms with van der Waals surface area (Å²) in [7, 11) is 0. The molecule has 0 unspecified atom stereocenters. The third kappa shape index (κ3) is 2.69. The molecular weight excluding hydrogens is 295 g/mol. The van der Waals surface area contributed by atoms with Crippen LogP contribution in [0, 0.1) is 0 Å². The number of barbiturate groups is 1. The van der Waals surface area contributed by atoms with E-state index in [1.807, 2.05) is 10.6 Å². The number of nitrogens with one attached hydrogen (secondary N) is 2. The molecule has 1 fully saturated rings. The largest absolute Gasteiger partial charge is 0.505 e. The fourth-order valence-electron chi connectivity index (χ4n) is 1.44. The molecule has 0 aromatic heterocycles. The molecule has 8 heteroatoms. The molecule has 19 heavy (non-hydrogen) atoms. The van der Waals surface area contributed by atoms with E-state index >= 15 is 0 Å². The molecule has 4 amide bonds. The highest BCUT2D eigenvalue weighted by Crippen LogP contribution is 2.33. The monoisotopic (exact) mass is 300 g/mol. The Morgan fingerprint density at radius 3 is 1.95 bits per heavy atom. The van der Waals surface area contributed by atoms with Crippen molar-refractivity contribution in [1.29, 1.82) is 0 Å². The molecular formula is C11H6Cl2N2O4. The zero-order valence-corrected chi connectivity index (χ0v) is 10.7. The smallest absolute Gasteiger partial charge is 0.328 e. The maximum Gasteiger partial charge on any atom is 0.328 e. The van der Waals surface area contributed by atoms with Crippen LogP contribution in [0.25, 0.3) is 6.08 Å². The van der Waals surface area contributed by atoms with Crippen LogP contribution in [0.2, 0.25) is 10.0 Å². The molecule has 1 aromatic carbocycles. The molecule has 1 saturated heterocycles. The summed E-state index contributed by atoms with van der Waals surface area (Å²) in [5.74, 6) is -1.94. The number of urea groups is 1. The Morgan fingerprint density at radius 2 is 1.47 bits per heavy atom. The number of hydrogen-bond acceptors (Lipinski definition) is 4. The van der Waals surface area contributed by atoms with Crippen molar-refractivity contribution in [2.45, 2.75) is 0 Å². The molecule has 1 aliphatic rings. The lowest BCUT2D eigenvalue weighted by Crippen LogP contribution is -2.51. The molecule has 0 radical (unpaired) electrons. The standard InChI is InChI=1S/C11H6Cl2N2O4/c12-6-2-4(3-7(13)8(6)16)1-5-9(17)14-11(19)15-10(5)18/h1-3,16H,(H2,14,15,17,18,19). The van der Waals surface area contributed by atoms with Crippen molar-refractivity contribution < 1.29 is 19.5 Å². The number of hydrogen-bond donors (Lipinski definition) is 3. The van der Waals surface area contributed by atoms with E-state index in [2.05, 4.69) is 0 Å². The van der Waals surface area contributed by atoms with Crippen molar-refractivity contribution in [3.05, 3.63) is 33.3 Å². The van der Waals surface area contributed by atoms with E-state index in [0.717, 1.165) is 0 Å². The maximum atomic E-state index is 11.5. The van der Waals surface area contributed by atoms with Crippen molar-refractivity contribution in [2.75, 3.05) is 0 Å². The van der Waals surface area contributed by atoms with Crippen molar-refractivity contribution in [1.82, 2.24) is 10.6 Å². The van der Waals surface area contributed by atoms with Gasteiger partial charge in [-0.3, -0.25) is 20.2 Å². The van der Waals surface area contributed by atoms with Gasteiger partial charge in [-0.2, -0.15) is 0 Å². The molecule has 98 valence electrons. The SMILES string of the molecule is O=C1NC(=O)C(=Cc2cc(Cl)c(O)c(Cl)c2)C(=O)N1. The van der Waals surface area contributed by atoms with Crippen LogP contribution >= 0.6 is 23.2 Å². The van der Waals surface area contributed by atoms with Gasteiger partial charge in [0.1, 0.15) is 5.57 Å². The Kier molecular flexibility index (Phi) is 3.46. The number of carbonyl (C=O) groups is 3. The van der Waals surface area contributed by atoms with Gasteiger partial charge in [0.25, 0.3) is 11.8 Å². The summed E-state index contributed by atoms with van der Waals surface area (Å²) in [5.41, 5.74) is 0.0693. The summed E-state index contributed by atoms with van der Waals surface area (Å²) < 4.78 is 0. The summed E-state index contributed by atoms with van der Waals surface area (Å²) >= 11 is 11.4. The second kappa shape index (κ2) is 4.91. The molecule has 6 nitrogen and oxygen atoms in total. The average molecular weight is 301 g/mol. The first-order valence-corrected chi connectivity index (χ1v) is 5.70. The Bertz CT molecular complexity index is 595. The van der Waals surface area contributed by atoms with Crippen molar-refractivity contribution in [3.8, 4) is 5.75 Å². The minimum Gasteiger partial charge on any atom is -0.505 e. The third-order valence-electron chi connectivity index (χ3n) is 2.29. The van der Waals surface area contributed by atoms with Crippen LogP contribution in [0.4, 0.5) is 4.79 Å². The fourth-order valence-corrected chi connectivity index (χ4v) is 1.95. The topological polar surface area (TPSA) is 95.5 Å². The second-order valence-corrected chi connectivity index (χ2v) is 4.44. The lowest BCUT2D eigenvalue weighted by molar-refractivity contribution is -0.123. The minimum atomic E-state index is -0.881. The average Bonchev–Trinajstić information content (AvgIpc) is 2.30. The van der Waals surface area contributed by atoms with Gasteiger partial charge in [0.05, 0.1) is 10.0 Å². The van der Waals surface area contributed by atoms with Gasteiger partial charge in [-0.1, -0.05) is 23.2 Å². The predicted molar refractivity (Wildman–Crippen MR) is 67.8 cm³/mol. The van der Waals surface area contributed by atoms with E-state index in [0.29, 0.717) is 5.56 Å². The Hall–Kier alpha value is -2.05. The van der Waals surface area contributed by atoms with E-state index in [1.54, 1.807) is 0 Å². The highest BCUT2D eigenvalue weighted by Gasteiger charge is 2.27. The normalized spacial score (nSPS) is 15.1. The lowest BCUT2D eigenvalue weighted by atomic mass is 10.1. The quantitative estimate of drug-likeness (QED) is 0.540. The van der Waals surface area contributed by atoms with Crippen molar-refractivity contribution in [2.24, 2.45) is 0 Å². The minimum absolute atomic E-state index is 0.0212. The predicted octanol–water partition coefficient (Wildman–Crippen LogP) is 1.45. The van der Waals surface area contributed by atoms with Gasteiger partial charge in [0.15, 0.2) is 5.75 Å². The number of imide groups is 2. The maximum absolute atomic E-state index is 11.5. The van der Waals surface area contributed by atoms with Crippen LogP contribution in [0.3, 0.4) is 0 Å². The number of benzene rings is 1. The summed E-state index contributed by atoms with van der Waals surface area (Å²) in [5, 5.41) is 13.2. The van der Waals surface area contributed by atoms with Gasteiger partial charge >= 0.3 is 6.03 Å². The van der Waals surface area contributed by atoms with Gasteiger partial charge in [-0.25, -0.2) is 4.79 Å². The third-order valence-corrected chi connectivity index (χ3v) is 2.87.